The summed E-state index contributed by atoms with van der Waals surface area (Å²) >= 11 is 0. The van der Waals surface area contributed by atoms with Crippen molar-refractivity contribution in [1.29, 1.82) is 0 Å². The first-order valence-corrected chi connectivity index (χ1v) is 11.2. The van der Waals surface area contributed by atoms with Gasteiger partial charge in [-0.25, -0.2) is 0 Å². The highest BCUT2D eigenvalue weighted by atomic mass is 16.3. The first-order valence-electron chi connectivity index (χ1n) is 11.2. The Labute approximate surface area is 189 Å². The lowest BCUT2D eigenvalue weighted by Crippen LogP contribution is -2.10. The molecule has 2 heteroatoms. The van der Waals surface area contributed by atoms with Crippen LogP contribution in [0.5, 0.6) is 5.75 Å². The summed E-state index contributed by atoms with van der Waals surface area (Å²) in [5, 5.41) is 16.5. The van der Waals surface area contributed by atoms with E-state index in [9.17, 15) is 5.11 Å². The highest BCUT2D eigenvalue weighted by Gasteiger charge is 2.20. The molecule has 1 N–H and O–H groups in total. The van der Waals surface area contributed by atoms with Gasteiger partial charge < -0.3 is 9.52 Å². The molecule has 4 aromatic carbocycles. The van der Waals surface area contributed by atoms with Gasteiger partial charge in [0.2, 0.25) is 0 Å². The molecule has 0 radical (unpaired) electrons. The van der Waals surface area contributed by atoms with Crippen molar-refractivity contribution in [2.75, 3.05) is 0 Å². The fraction of sp³-hybridized carbons (Fsp3) is 0.267. The largest absolute Gasteiger partial charge is 0.507 e. The molecule has 5 aromatic rings. The molecule has 0 saturated carbocycles. The van der Waals surface area contributed by atoms with E-state index in [4.69, 9.17) is 4.42 Å². The Morgan fingerprint density at radius 2 is 1.22 bits per heavy atom. The lowest BCUT2D eigenvalue weighted by atomic mass is 9.84. The number of furan rings is 1. The van der Waals surface area contributed by atoms with E-state index in [1.165, 1.54) is 16.5 Å². The van der Waals surface area contributed by atoms with Crippen LogP contribution in [0.1, 0.15) is 52.7 Å². The molecule has 162 valence electrons. The van der Waals surface area contributed by atoms with Crippen molar-refractivity contribution in [3.63, 3.8) is 0 Å². The maximum absolute atomic E-state index is 11.0. The predicted molar refractivity (Wildman–Crippen MR) is 136 cm³/mol. The van der Waals surface area contributed by atoms with Crippen LogP contribution in [0.4, 0.5) is 0 Å². The highest BCUT2D eigenvalue weighted by molar-refractivity contribution is 6.16. The van der Waals surface area contributed by atoms with E-state index < -0.39 is 0 Å². The Morgan fingerprint density at radius 1 is 0.656 bits per heavy atom. The van der Waals surface area contributed by atoms with Crippen molar-refractivity contribution >= 4 is 32.5 Å². The van der Waals surface area contributed by atoms with E-state index in [1.807, 2.05) is 12.1 Å². The van der Waals surface area contributed by atoms with Crippen LogP contribution in [0.2, 0.25) is 0 Å². The molecule has 5 rings (SSSR count). The van der Waals surface area contributed by atoms with Crippen molar-refractivity contribution in [2.45, 2.75) is 52.4 Å². The van der Waals surface area contributed by atoms with Crippen LogP contribution in [-0.2, 0) is 10.8 Å². The molecule has 0 spiro atoms. The Balaban J connectivity index is 1.81. The van der Waals surface area contributed by atoms with Gasteiger partial charge in [-0.2, -0.15) is 0 Å². The van der Waals surface area contributed by atoms with Gasteiger partial charge in [0, 0.05) is 16.5 Å². The minimum Gasteiger partial charge on any atom is -0.507 e. The van der Waals surface area contributed by atoms with Crippen LogP contribution >= 0.6 is 0 Å². The molecule has 0 bridgehead atoms. The lowest BCUT2D eigenvalue weighted by Gasteiger charge is -2.20. The monoisotopic (exact) mass is 422 g/mol. The van der Waals surface area contributed by atoms with E-state index >= 15 is 0 Å². The van der Waals surface area contributed by atoms with E-state index in [0.717, 1.165) is 38.3 Å². The summed E-state index contributed by atoms with van der Waals surface area (Å²) in [6.45, 7) is 13.4. The standard InChI is InChI=1S/C30H30O2/c1-29(2,3)20-9-11-22-18(15-20)7-13-25(31)27(22)24-17-32-26-14-8-19-16-21(30(4,5)6)10-12-23(19)28(24)26/h7-17,31H,1-6H3. The fourth-order valence-corrected chi connectivity index (χ4v) is 4.59. The average molecular weight is 423 g/mol. The fourth-order valence-electron chi connectivity index (χ4n) is 4.59. The minimum atomic E-state index is 0.0650. The third kappa shape index (κ3) is 3.26. The molecule has 0 aliphatic carbocycles. The topological polar surface area (TPSA) is 33.4 Å². The van der Waals surface area contributed by atoms with Crippen LogP contribution in [0.15, 0.2) is 71.3 Å². The van der Waals surface area contributed by atoms with Gasteiger partial charge in [0.15, 0.2) is 0 Å². The van der Waals surface area contributed by atoms with E-state index in [1.54, 1.807) is 12.3 Å². The zero-order valence-electron chi connectivity index (χ0n) is 19.7. The molecular formula is C30H30O2. The Hall–Kier alpha value is -3.26. The van der Waals surface area contributed by atoms with E-state index in [2.05, 4.69) is 84.0 Å². The molecule has 1 aromatic heterocycles. The average Bonchev–Trinajstić information content (AvgIpc) is 3.15. The summed E-state index contributed by atoms with van der Waals surface area (Å²) < 4.78 is 5.98. The summed E-state index contributed by atoms with van der Waals surface area (Å²) in [6, 6.07) is 21.2. The second-order valence-electron chi connectivity index (χ2n) is 10.9. The maximum atomic E-state index is 11.0. The predicted octanol–water partition coefficient (Wildman–Crippen LogP) is 8.71. The van der Waals surface area contributed by atoms with Crippen LogP contribution < -0.4 is 0 Å². The van der Waals surface area contributed by atoms with Gasteiger partial charge in [0.05, 0.1) is 6.26 Å². The van der Waals surface area contributed by atoms with Crippen molar-refractivity contribution in [3.8, 4) is 16.9 Å². The third-order valence-electron chi connectivity index (χ3n) is 6.55. The molecule has 0 fully saturated rings. The maximum Gasteiger partial charge on any atom is 0.135 e. The number of aromatic hydroxyl groups is 1. The van der Waals surface area contributed by atoms with Gasteiger partial charge in [-0.05, 0) is 55.6 Å². The Kier molecular flexibility index (Phi) is 4.43. The number of benzene rings is 4. The zero-order valence-corrected chi connectivity index (χ0v) is 19.7. The quantitative estimate of drug-likeness (QED) is 0.293. The van der Waals surface area contributed by atoms with Gasteiger partial charge in [0.1, 0.15) is 11.3 Å². The summed E-state index contributed by atoms with van der Waals surface area (Å²) in [7, 11) is 0. The van der Waals surface area contributed by atoms with Crippen LogP contribution in [0, 0.1) is 0 Å². The van der Waals surface area contributed by atoms with Crippen LogP contribution in [-0.4, -0.2) is 5.11 Å². The second kappa shape index (κ2) is 6.87. The lowest BCUT2D eigenvalue weighted by molar-refractivity contribution is 0.478. The van der Waals surface area contributed by atoms with Crippen LogP contribution in [0.25, 0.3) is 43.6 Å². The summed E-state index contributed by atoms with van der Waals surface area (Å²) in [5.41, 5.74) is 5.32. The molecule has 0 aliphatic rings. The Morgan fingerprint density at radius 3 is 1.84 bits per heavy atom. The minimum absolute atomic E-state index is 0.0650. The number of phenols is 1. The number of fused-ring (bicyclic) bond motifs is 4. The normalized spacial score (nSPS) is 12.8. The molecule has 0 unspecified atom stereocenters. The number of hydrogen-bond acceptors (Lipinski definition) is 2. The molecule has 0 amide bonds. The smallest absolute Gasteiger partial charge is 0.135 e. The second-order valence-corrected chi connectivity index (χ2v) is 10.9. The molecule has 0 aliphatic heterocycles. The van der Waals surface area contributed by atoms with E-state index in [-0.39, 0.29) is 16.6 Å². The van der Waals surface area contributed by atoms with Gasteiger partial charge in [-0.3, -0.25) is 0 Å². The van der Waals surface area contributed by atoms with Crippen molar-refractivity contribution in [1.82, 2.24) is 0 Å². The first kappa shape index (κ1) is 20.6. The molecule has 2 nitrogen and oxygen atoms in total. The first-order chi connectivity index (χ1) is 15.0. The SMILES string of the molecule is CC(C)(C)c1ccc2c(-c3coc4ccc5cc(C(C)(C)C)ccc5c34)c(O)ccc2c1. The number of phenolic OH excluding ortho intramolecular Hbond substituents is 1. The molecule has 1 heterocycles. The zero-order chi connectivity index (χ0) is 22.8. The van der Waals surface area contributed by atoms with Crippen LogP contribution in [0.3, 0.4) is 0 Å². The van der Waals surface area contributed by atoms with Crippen molar-refractivity contribution < 1.29 is 9.52 Å². The Bertz CT molecular complexity index is 1490. The van der Waals surface area contributed by atoms with Gasteiger partial charge in [-0.15, -0.1) is 0 Å². The summed E-state index contributed by atoms with van der Waals surface area (Å²) in [6.07, 6.45) is 1.79. The van der Waals surface area contributed by atoms with Gasteiger partial charge in [0.25, 0.3) is 0 Å². The summed E-state index contributed by atoms with van der Waals surface area (Å²) in [5.74, 6) is 0.270. The van der Waals surface area contributed by atoms with E-state index in [0.29, 0.717) is 0 Å². The van der Waals surface area contributed by atoms with Gasteiger partial charge in [-0.1, -0.05) is 90.1 Å². The third-order valence-corrected chi connectivity index (χ3v) is 6.55. The number of rotatable bonds is 1. The molecule has 32 heavy (non-hydrogen) atoms. The van der Waals surface area contributed by atoms with Crippen molar-refractivity contribution in [2.24, 2.45) is 0 Å². The number of hydrogen-bond donors (Lipinski definition) is 1. The summed E-state index contributed by atoms with van der Waals surface area (Å²) in [4.78, 5) is 0. The molecule has 0 saturated heterocycles. The van der Waals surface area contributed by atoms with Gasteiger partial charge >= 0.3 is 0 Å². The molecular weight excluding hydrogens is 392 g/mol. The molecule has 0 atom stereocenters. The van der Waals surface area contributed by atoms with Crippen molar-refractivity contribution in [3.05, 3.63) is 78.1 Å². The highest BCUT2D eigenvalue weighted by Crippen LogP contribution is 2.44.